The molecular weight excluding hydrogens is 200 g/mol. The molecule has 16 heavy (non-hydrogen) atoms. The molecule has 1 atom stereocenters. The van der Waals surface area contributed by atoms with Gasteiger partial charge in [0.15, 0.2) is 0 Å². The summed E-state index contributed by atoms with van der Waals surface area (Å²) in [7, 11) is 0. The van der Waals surface area contributed by atoms with E-state index >= 15 is 0 Å². The summed E-state index contributed by atoms with van der Waals surface area (Å²) in [5.74, 6) is 1.55. The predicted octanol–water partition coefficient (Wildman–Crippen LogP) is 2.06. The van der Waals surface area contributed by atoms with Crippen molar-refractivity contribution in [3.8, 4) is 0 Å². The van der Waals surface area contributed by atoms with Crippen LogP contribution < -0.4 is 4.90 Å². The Morgan fingerprint density at radius 1 is 1.56 bits per heavy atom. The van der Waals surface area contributed by atoms with Crippen LogP contribution in [-0.4, -0.2) is 23.2 Å². The number of aromatic nitrogens is 1. The van der Waals surface area contributed by atoms with Gasteiger partial charge < -0.3 is 10.0 Å². The van der Waals surface area contributed by atoms with Gasteiger partial charge >= 0.3 is 0 Å². The lowest BCUT2D eigenvalue weighted by Gasteiger charge is -2.20. The third-order valence-electron chi connectivity index (χ3n) is 3.49. The quantitative estimate of drug-likeness (QED) is 0.847. The average Bonchev–Trinajstić information content (AvgIpc) is 2.78. The normalized spacial score (nSPS) is 20.8. The van der Waals surface area contributed by atoms with Crippen molar-refractivity contribution in [2.24, 2.45) is 11.8 Å². The summed E-state index contributed by atoms with van der Waals surface area (Å²) in [5, 5.41) is 9.06. The van der Waals surface area contributed by atoms with Gasteiger partial charge in [-0.2, -0.15) is 0 Å². The maximum Gasteiger partial charge on any atom is 0.0853 e. The van der Waals surface area contributed by atoms with Gasteiger partial charge in [-0.05, 0) is 30.4 Å². The molecule has 1 saturated heterocycles. The summed E-state index contributed by atoms with van der Waals surface area (Å²) in [6.45, 7) is 6.86. The van der Waals surface area contributed by atoms with Gasteiger partial charge in [0.25, 0.3) is 0 Å². The van der Waals surface area contributed by atoms with Crippen molar-refractivity contribution in [2.45, 2.75) is 26.9 Å². The molecule has 0 amide bonds. The Morgan fingerprint density at radius 3 is 3.00 bits per heavy atom. The molecule has 0 saturated carbocycles. The molecule has 2 rings (SSSR count). The summed E-state index contributed by atoms with van der Waals surface area (Å²) in [5.41, 5.74) is 1.95. The zero-order valence-electron chi connectivity index (χ0n) is 10.1. The van der Waals surface area contributed by atoms with E-state index in [9.17, 15) is 0 Å². The van der Waals surface area contributed by atoms with Crippen LogP contribution in [0.15, 0.2) is 18.3 Å². The highest BCUT2D eigenvalue weighted by Crippen LogP contribution is 2.28. The summed E-state index contributed by atoms with van der Waals surface area (Å²) in [6, 6.07) is 4.02. The molecule has 0 radical (unpaired) electrons. The minimum Gasteiger partial charge on any atom is -0.390 e. The maximum atomic E-state index is 9.06. The molecule has 1 N–H and O–H groups in total. The second-order valence-corrected chi connectivity index (χ2v) is 4.90. The number of pyridine rings is 1. The largest absolute Gasteiger partial charge is 0.390 e. The molecule has 1 fully saturated rings. The van der Waals surface area contributed by atoms with Crippen LogP contribution in [0.1, 0.15) is 26.0 Å². The zero-order chi connectivity index (χ0) is 11.5. The highest BCUT2D eigenvalue weighted by atomic mass is 16.3. The van der Waals surface area contributed by atoms with Crippen molar-refractivity contribution >= 4 is 5.69 Å². The van der Waals surface area contributed by atoms with Crippen LogP contribution in [0.2, 0.25) is 0 Å². The predicted molar refractivity (Wildman–Crippen MR) is 65.3 cm³/mol. The topological polar surface area (TPSA) is 36.4 Å². The first kappa shape index (κ1) is 11.4. The SMILES string of the molecule is CC(C)C1CCN(c2ccnc(CO)c2)C1. The van der Waals surface area contributed by atoms with Gasteiger partial charge in [0.05, 0.1) is 12.3 Å². The monoisotopic (exact) mass is 220 g/mol. The minimum absolute atomic E-state index is 0.0231. The molecule has 0 bridgehead atoms. The van der Waals surface area contributed by atoms with E-state index in [0.717, 1.165) is 30.6 Å². The van der Waals surface area contributed by atoms with E-state index in [1.165, 1.54) is 12.1 Å². The lowest BCUT2D eigenvalue weighted by atomic mass is 9.95. The Labute approximate surface area is 97.1 Å². The molecule has 1 unspecified atom stereocenters. The van der Waals surface area contributed by atoms with Crippen molar-refractivity contribution in [3.63, 3.8) is 0 Å². The third-order valence-corrected chi connectivity index (χ3v) is 3.49. The standard InChI is InChI=1S/C13H20N2O/c1-10(2)11-4-6-15(8-11)13-3-5-14-12(7-13)9-16/h3,5,7,10-11,16H,4,6,8-9H2,1-2H3. The summed E-state index contributed by atoms with van der Waals surface area (Å²) in [4.78, 5) is 6.50. The fraction of sp³-hybridized carbons (Fsp3) is 0.615. The summed E-state index contributed by atoms with van der Waals surface area (Å²) in [6.07, 6.45) is 3.05. The molecule has 88 valence electrons. The van der Waals surface area contributed by atoms with Gasteiger partial charge in [-0.3, -0.25) is 4.98 Å². The molecule has 3 nitrogen and oxygen atoms in total. The fourth-order valence-corrected chi connectivity index (χ4v) is 2.31. The number of hydrogen-bond acceptors (Lipinski definition) is 3. The highest BCUT2D eigenvalue weighted by molar-refractivity contribution is 5.47. The van der Waals surface area contributed by atoms with Gasteiger partial charge in [0.1, 0.15) is 0 Å². The van der Waals surface area contributed by atoms with Crippen molar-refractivity contribution < 1.29 is 5.11 Å². The van der Waals surface area contributed by atoms with Crippen LogP contribution in [0.5, 0.6) is 0 Å². The molecule has 3 heteroatoms. The Morgan fingerprint density at radius 2 is 2.38 bits per heavy atom. The van der Waals surface area contributed by atoms with Gasteiger partial charge in [0.2, 0.25) is 0 Å². The van der Waals surface area contributed by atoms with Crippen LogP contribution in [0.25, 0.3) is 0 Å². The average molecular weight is 220 g/mol. The summed E-state index contributed by atoms with van der Waals surface area (Å²) >= 11 is 0. The van der Waals surface area contributed by atoms with E-state index in [-0.39, 0.29) is 6.61 Å². The van der Waals surface area contributed by atoms with Crippen molar-refractivity contribution in [1.82, 2.24) is 4.98 Å². The van der Waals surface area contributed by atoms with E-state index < -0.39 is 0 Å². The van der Waals surface area contributed by atoms with Crippen LogP contribution >= 0.6 is 0 Å². The van der Waals surface area contributed by atoms with E-state index in [2.05, 4.69) is 23.7 Å². The minimum atomic E-state index is 0.0231. The van der Waals surface area contributed by atoms with Crippen molar-refractivity contribution in [2.75, 3.05) is 18.0 Å². The van der Waals surface area contributed by atoms with Crippen LogP contribution in [-0.2, 0) is 6.61 Å². The van der Waals surface area contributed by atoms with Gasteiger partial charge in [0, 0.05) is 25.0 Å². The van der Waals surface area contributed by atoms with Crippen LogP contribution in [0.3, 0.4) is 0 Å². The number of rotatable bonds is 3. The molecule has 0 aromatic carbocycles. The zero-order valence-corrected chi connectivity index (χ0v) is 10.1. The van der Waals surface area contributed by atoms with Crippen LogP contribution in [0.4, 0.5) is 5.69 Å². The Kier molecular flexibility index (Phi) is 3.44. The second-order valence-electron chi connectivity index (χ2n) is 4.90. The molecule has 1 aliphatic heterocycles. The van der Waals surface area contributed by atoms with Gasteiger partial charge in [-0.1, -0.05) is 13.8 Å². The molecule has 0 aliphatic carbocycles. The Balaban J connectivity index is 2.08. The Bertz CT molecular complexity index is 352. The first-order valence-electron chi connectivity index (χ1n) is 6.01. The fourth-order valence-electron chi connectivity index (χ4n) is 2.31. The number of aliphatic hydroxyl groups is 1. The van der Waals surface area contributed by atoms with Gasteiger partial charge in [-0.15, -0.1) is 0 Å². The van der Waals surface area contributed by atoms with E-state index in [1.54, 1.807) is 6.20 Å². The molecular formula is C13H20N2O. The van der Waals surface area contributed by atoms with Crippen molar-refractivity contribution in [3.05, 3.63) is 24.0 Å². The second kappa shape index (κ2) is 4.83. The lowest BCUT2D eigenvalue weighted by Crippen LogP contribution is -2.21. The smallest absolute Gasteiger partial charge is 0.0853 e. The van der Waals surface area contributed by atoms with Crippen LogP contribution in [0, 0.1) is 11.8 Å². The first-order chi connectivity index (χ1) is 7.70. The number of hydrogen-bond donors (Lipinski definition) is 1. The van der Waals surface area contributed by atoms with E-state index in [0.29, 0.717) is 0 Å². The number of nitrogens with zero attached hydrogens (tertiary/aromatic N) is 2. The molecule has 1 aliphatic rings. The molecule has 0 spiro atoms. The summed E-state index contributed by atoms with van der Waals surface area (Å²) < 4.78 is 0. The molecule has 1 aromatic heterocycles. The number of anilines is 1. The molecule has 1 aromatic rings. The highest BCUT2D eigenvalue weighted by Gasteiger charge is 2.24. The third kappa shape index (κ3) is 2.35. The van der Waals surface area contributed by atoms with E-state index in [4.69, 9.17) is 5.11 Å². The Hall–Kier alpha value is -1.09. The number of aliphatic hydroxyl groups excluding tert-OH is 1. The maximum absolute atomic E-state index is 9.06. The van der Waals surface area contributed by atoms with Gasteiger partial charge in [-0.25, -0.2) is 0 Å². The lowest BCUT2D eigenvalue weighted by molar-refractivity contribution is 0.277. The first-order valence-corrected chi connectivity index (χ1v) is 6.01. The van der Waals surface area contributed by atoms with E-state index in [1.807, 2.05) is 12.1 Å². The van der Waals surface area contributed by atoms with Crippen molar-refractivity contribution in [1.29, 1.82) is 0 Å². The molecule has 2 heterocycles.